The van der Waals surface area contributed by atoms with E-state index in [2.05, 4.69) is 10.0 Å². The first-order chi connectivity index (χ1) is 11.3. The molecule has 0 aliphatic carbocycles. The molecule has 24 heavy (non-hydrogen) atoms. The standard InChI is InChI=1S/C16H17ClN2O4S/c1-11(16(20)18-15-6-4-3-5-14(15)17)19-24(21,22)13-9-7-12(23-2)8-10-13/h3-11,19H,1-2H3,(H,18,20). The highest BCUT2D eigenvalue weighted by Gasteiger charge is 2.22. The van der Waals surface area contributed by atoms with Crippen molar-refractivity contribution < 1.29 is 17.9 Å². The molecule has 2 rings (SSSR count). The van der Waals surface area contributed by atoms with E-state index in [-0.39, 0.29) is 4.90 Å². The molecular formula is C16H17ClN2O4S. The molecule has 2 aromatic carbocycles. The molecule has 0 saturated carbocycles. The van der Waals surface area contributed by atoms with Crippen LogP contribution in [0.2, 0.25) is 5.02 Å². The molecule has 0 aliphatic heterocycles. The van der Waals surface area contributed by atoms with Crippen LogP contribution in [0.1, 0.15) is 6.92 Å². The fourth-order valence-electron chi connectivity index (χ4n) is 1.91. The van der Waals surface area contributed by atoms with Gasteiger partial charge >= 0.3 is 0 Å². The van der Waals surface area contributed by atoms with Crippen LogP contribution in [0.4, 0.5) is 5.69 Å². The first-order valence-electron chi connectivity index (χ1n) is 7.05. The smallest absolute Gasteiger partial charge is 0.242 e. The Morgan fingerprint density at radius 1 is 1.12 bits per heavy atom. The summed E-state index contributed by atoms with van der Waals surface area (Å²) in [5.41, 5.74) is 0.416. The van der Waals surface area contributed by atoms with E-state index in [9.17, 15) is 13.2 Å². The van der Waals surface area contributed by atoms with Gasteiger partial charge in [0.05, 0.1) is 28.8 Å². The second-order valence-corrected chi connectivity index (χ2v) is 7.11. The molecule has 0 aliphatic rings. The van der Waals surface area contributed by atoms with Crippen LogP contribution in [0.3, 0.4) is 0 Å². The normalized spacial score (nSPS) is 12.5. The molecule has 0 saturated heterocycles. The predicted molar refractivity (Wildman–Crippen MR) is 92.9 cm³/mol. The zero-order valence-electron chi connectivity index (χ0n) is 13.1. The molecule has 0 heterocycles. The highest BCUT2D eigenvalue weighted by molar-refractivity contribution is 7.89. The number of hydrogen-bond donors (Lipinski definition) is 2. The van der Waals surface area contributed by atoms with Crippen LogP contribution in [0.25, 0.3) is 0 Å². The summed E-state index contributed by atoms with van der Waals surface area (Å²) < 4.78 is 31.9. The van der Waals surface area contributed by atoms with Gasteiger partial charge in [0, 0.05) is 0 Å². The maximum Gasteiger partial charge on any atom is 0.242 e. The first-order valence-corrected chi connectivity index (χ1v) is 8.91. The lowest BCUT2D eigenvalue weighted by atomic mass is 10.3. The lowest BCUT2D eigenvalue weighted by Crippen LogP contribution is -2.41. The van der Waals surface area contributed by atoms with Gasteiger partial charge in [-0.15, -0.1) is 0 Å². The van der Waals surface area contributed by atoms with Crippen LogP contribution < -0.4 is 14.8 Å². The zero-order chi connectivity index (χ0) is 17.7. The monoisotopic (exact) mass is 368 g/mol. The van der Waals surface area contributed by atoms with Gasteiger partial charge in [0.1, 0.15) is 5.75 Å². The quantitative estimate of drug-likeness (QED) is 0.820. The summed E-state index contributed by atoms with van der Waals surface area (Å²) in [5, 5.41) is 2.96. The number of halogens is 1. The molecule has 2 N–H and O–H groups in total. The van der Waals surface area contributed by atoms with Crippen LogP contribution in [-0.2, 0) is 14.8 Å². The van der Waals surface area contributed by atoms with Crippen molar-refractivity contribution >= 4 is 33.2 Å². The highest BCUT2D eigenvalue weighted by atomic mass is 35.5. The van der Waals surface area contributed by atoms with Crippen molar-refractivity contribution in [3.8, 4) is 5.75 Å². The molecule has 1 atom stereocenters. The summed E-state index contributed by atoms with van der Waals surface area (Å²) >= 11 is 5.97. The molecule has 0 radical (unpaired) electrons. The number of ether oxygens (including phenoxy) is 1. The molecule has 8 heteroatoms. The van der Waals surface area contributed by atoms with Crippen molar-refractivity contribution in [2.24, 2.45) is 0 Å². The number of carbonyl (C=O) groups is 1. The Hall–Kier alpha value is -2.09. The van der Waals surface area contributed by atoms with Crippen LogP contribution in [0, 0.1) is 0 Å². The summed E-state index contributed by atoms with van der Waals surface area (Å²) in [7, 11) is -2.34. The molecule has 0 spiro atoms. The van der Waals surface area contributed by atoms with E-state index in [1.807, 2.05) is 0 Å². The van der Waals surface area contributed by atoms with E-state index in [4.69, 9.17) is 16.3 Å². The fraction of sp³-hybridized carbons (Fsp3) is 0.188. The Balaban J connectivity index is 2.08. The van der Waals surface area contributed by atoms with Crippen molar-refractivity contribution in [3.63, 3.8) is 0 Å². The summed E-state index contributed by atoms with van der Waals surface area (Å²) in [6, 6.07) is 11.6. The van der Waals surface area contributed by atoms with Crippen LogP contribution in [-0.4, -0.2) is 27.5 Å². The zero-order valence-corrected chi connectivity index (χ0v) is 14.7. The molecule has 128 valence electrons. The Morgan fingerprint density at radius 3 is 2.33 bits per heavy atom. The molecular weight excluding hydrogens is 352 g/mol. The topological polar surface area (TPSA) is 84.5 Å². The number of para-hydroxylation sites is 1. The van der Waals surface area contributed by atoms with Crippen molar-refractivity contribution in [1.29, 1.82) is 0 Å². The van der Waals surface area contributed by atoms with Gasteiger partial charge in [-0.2, -0.15) is 4.72 Å². The number of sulfonamides is 1. The third-order valence-corrected chi connectivity index (χ3v) is 5.11. The van der Waals surface area contributed by atoms with Gasteiger partial charge in [-0.3, -0.25) is 4.79 Å². The van der Waals surface area contributed by atoms with Crippen LogP contribution in [0.5, 0.6) is 5.75 Å². The van der Waals surface area contributed by atoms with Gasteiger partial charge in [-0.05, 0) is 43.3 Å². The number of anilines is 1. The Bertz CT molecular complexity index is 822. The summed E-state index contributed by atoms with van der Waals surface area (Å²) in [6.45, 7) is 1.45. The van der Waals surface area contributed by atoms with E-state index in [1.54, 1.807) is 24.3 Å². The first kappa shape index (κ1) is 18.3. The SMILES string of the molecule is COc1ccc(S(=O)(=O)NC(C)C(=O)Nc2ccccc2Cl)cc1. The largest absolute Gasteiger partial charge is 0.497 e. The Kier molecular flexibility index (Phi) is 5.82. The van der Waals surface area contributed by atoms with E-state index < -0.39 is 22.0 Å². The average molecular weight is 369 g/mol. The molecule has 1 amide bonds. The molecule has 1 unspecified atom stereocenters. The Labute approximate surface area is 145 Å². The third kappa shape index (κ3) is 4.47. The van der Waals surface area contributed by atoms with Gasteiger partial charge in [0.15, 0.2) is 0 Å². The van der Waals surface area contributed by atoms with Crippen molar-refractivity contribution in [3.05, 3.63) is 53.6 Å². The minimum Gasteiger partial charge on any atom is -0.497 e. The van der Waals surface area contributed by atoms with Gasteiger partial charge in [-0.1, -0.05) is 23.7 Å². The molecule has 6 nitrogen and oxygen atoms in total. The van der Waals surface area contributed by atoms with Gasteiger partial charge < -0.3 is 10.1 Å². The number of carbonyl (C=O) groups excluding carboxylic acids is 1. The number of hydrogen-bond acceptors (Lipinski definition) is 4. The maximum absolute atomic E-state index is 12.3. The van der Waals surface area contributed by atoms with Gasteiger partial charge in [-0.25, -0.2) is 8.42 Å². The summed E-state index contributed by atoms with van der Waals surface area (Å²) in [4.78, 5) is 12.2. The number of rotatable bonds is 6. The van der Waals surface area contributed by atoms with E-state index >= 15 is 0 Å². The van der Waals surface area contributed by atoms with Crippen molar-refractivity contribution in [1.82, 2.24) is 4.72 Å². The summed E-state index contributed by atoms with van der Waals surface area (Å²) in [5.74, 6) is 0.0265. The number of amides is 1. The third-order valence-electron chi connectivity index (χ3n) is 3.23. The molecule has 0 bridgehead atoms. The van der Waals surface area contributed by atoms with Crippen molar-refractivity contribution in [2.45, 2.75) is 17.9 Å². The minimum atomic E-state index is -3.83. The van der Waals surface area contributed by atoms with Crippen LogP contribution >= 0.6 is 11.6 Å². The van der Waals surface area contributed by atoms with Gasteiger partial charge in [0.2, 0.25) is 15.9 Å². The van der Waals surface area contributed by atoms with E-state index in [0.29, 0.717) is 16.5 Å². The van der Waals surface area contributed by atoms with E-state index in [1.165, 1.54) is 38.3 Å². The molecule has 2 aromatic rings. The average Bonchev–Trinajstić information content (AvgIpc) is 2.56. The second kappa shape index (κ2) is 7.65. The number of methoxy groups -OCH3 is 1. The van der Waals surface area contributed by atoms with Crippen LogP contribution in [0.15, 0.2) is 53.4 Å². The number of nitrogens with one attached hydrogen (secondary N) is 2. The molecule has 0 aromatic heterocycles. The lowest BCUT2D eigenvalue weighted by molar-refractivity contribution is -0.117. The predicted octanol–water partition coefficient (Wildman–Crippen LogP) is 2.65. The number of benzene rings is 2. The van der Waals surface area contributed by atoms with Crippen molar-refractivity contribution in [2.75, 3.05) is 12.4 Å². The maximum atomic E-state index is 12.3. The minimum absolute atomic E-state index is 0.0423. The fourth-order valence-corrected chi connectivity index (χ4v) is 3.30. The summed E-state index contributed by atoms with van der Waals surface area (Å²) in [6.07, 6.45) is 0. The molecule has 0 fully saturated rings. The lowest BCUT2D eigenvalue weighted by Gasteiger charge is -2.15. The Morgan fingerprint density at radius 2 is 1.75 bits per heavy atom. The highest BCUT2D eigenvalue weighted by Crippen LogP contribution is 2.21. The second-order valence-electron chi connectivity index (χ2n) is 4.99. The van der Waals surface area contributed by atoms with Gasteiger partial charge in [0.25, 0.3) is 0 Å². The van der Waals surface area contributed by atoms with E-state index in [0.717, 1.165) is 0 Å².